The van der Waals surface area contributed by atoms with Gasteiger partial charge in [-0.05, 0) is 231 Å². The largest absolute Gasteiger partial charge is 0.370 e. The van der Waals surface area contributed by atoms with Crippen LogP contribution in [0.1, 0.15) is 219 Å². The van der Waals surface area contributed by atoms with Crippen LogP contribution in [0.2, 0.25) is 5.65 Å². The lowest BCUT2D eigenvalue weighted by Gasteiger charge is -2.30. The fourth-order valence-electron chi connectivity index (χ4n) is 16.9. The average molecular weight is 1460 g/mol. The molecule has 7 aromatic rings. The van der Waals surface area contributed by atoms with Crippen LogP contribution in [-0.2, 0) is 0 Å². The molecule has 0 aromatic heterocycles. The summed E-state index contributed by atoms with van der Waals surface area (Å²) < 4.78 is 82.8. The first-order valence-electron chi connectivity index (χ1n) is 45.4. The van der Waals surface area contributed by atoms with Crippen molar-refractivity contribution in [1.82, 2.24) is 31.0 Å². The highest BCUT2D eigenvalue weighted by Gasteiger charge is 2.36. The van der Waals surface area contributed by atoms with Gasteiger partial charge in [0.15, 0.2) is 5.65 Å². The number of benzene rings is 7. The van der Waals surface area contributed by atoms with Crippen LogP contribution < -0.4 is 50.6 Å². The van der Waals surface area contributed by atoms with Gasteiger partial charge in [0.1, 0.15) is 0 Å². The van der Waals surface area contributed by atoms with E-state index in [1.54, 1.807) is 0 Å². The fraction of sp³-hybridized carbons (Fsp3) is 0.438. The zero-order valence-electron chi connectivity index (χ0n) is 77.4. The summed E-state index contributed by atoms with van der Waals surface area (Å²) in [5, 5.41) is 5.32. The monoisotopic (exact) mass is 1460 g/mol. The van der Waals surface area contributed by atoms with Crippen molar-refractivity contribution < 1.29 is 13.9 Å². The Morgan fingerprint density at radius 1 is 0.269 bits per heavy atom. The SMILES string of the molecule is [2H]C1N([2H])C(C)=C(C)N1c1ccccc1C.[2H]C1N([2H])C(C)=C(C)N1c1ccccc1C.[2H]C1N([2H])C(C2CCCC2)=C(C)N1c1ccccc1C.[2H]C1N([2H])C(C2CCCCC2)=C(C)N1c1ccccc1C.[2H]C1N(c2ccccc2C)C(C)=C(C)N1C1CCCC1.[2H]C1N(c2ccccc2C)C(C)=C(c2ccccc2)N1C1CCCC1. The van der Waals surface area contributed by atoms with Gasteiger partial charge in [0.05, 0.1) is 53.8 Å². The quantitative estimate of drug-likeness (QED) is 0.0997. The minimum atomic E-state index is -0.680. The van der Waals surface area contributed by atoms with E-state index in [2.05, 4.69) is 179 Å². The Labute approximate surface area is 665 Å². The van der Waals surface area contributed by atoms with Crippen LogP contribution in [-0.4, -0.2) is 61.8 Å². The molecule has 6 atom stereocenters. The van der Waals surface area contributed by atoms with Crippen LogP contribution in [0.4, 0.5) is 34.1 Å². The number of para-hydroxylation sites is 6. The van der Waals surface area contributed by atoms with Crippen molar-refractivity contribution >= 4 is 39.8 Å². The molecule has 4 N–H and O–H groups in total. The summed E-state index contributed by atoms with van der Waals surface area (Å²) in [5.74, 6) is 0.924. The molecule has 4 aliphatic carbocycles. The van der Waals surface area contributed by atoms with E-state index in [4.69, 9.17) is 13.9 Å². The summed E-state index contributed by atoms with van der Waals surface area (Å²) in [6.45, 7) is 27.4. The van der Waals surface area contributed by atoms with Gasteiger partial charge in [0.25, 0.3) is 0 Å². The van der Waals surface area contributed by atoms with Gasteiger partial charge in [-0.25, -0.2) is 0 Å². The van der Waals surface area contributed by atoms with Gasteiger partial charge in [-0.3, -0.25) is 0 Å². The average Bonchev–Trinajstić information content (AvgIpc) is 1.62. The topological polar surface area (TPSA) is 74.0 Å². The van der Waals surface area contributed by atoms with E-state index >= 15 is 0 Å². The summed E-state index contributed by atoms with van der Waals surface area (Å²) >= 11 is 0. The van der Waals surface area contributed by atoms with Crippen LogP contribution in [0.25, 0.3) is 5.70 Å². The maximum Gasteiger partial charge on any atom is 0.162 e. The molecule has 6 unspecified atom stereocenters. The van der Waals surface area contributed by atoms with Crippen molar-refractivity contribution in [2.45, 2.75) is 225 Å². The predicted octanol–water partition coefficient (Wildman–Crippen LogP) is 22.9. The van der Waals surface area contributed by atoms with E-state index in [-0.39, 0.29) is 13.3 Å². The molecule has 0 radical (unpaired) electrons. The van der Waals surface area contributed by atoms with Crippen LogP contribution in [0.5, 0.6) is 0 Å². The Morgan fingerprint density at radius 2 is 0.546 bits per heavy atom. The van der Waals surface area contributed by atoms with Crippen LogP contribution in [0.3, 0.4) is 0 Å². The highest BCUT2D eigenvalue weighted by Crippen LogP contribution is 2.43. The van der Waals surface area contributed by atoms with E-state index in [9.17, 15) is 0 Å². The minimum Gasteiger partial charge on any atom is -0.370 e. The third kappa shape index (κ3) is 18.0. The number of hydrogen-bond donors (Lipinski definition) is 4. The highest BCUT2D eigenvalue weighted by molar-refractivity contribution is 5.76. The molecule has 4 saturated carbocycles. The number of allylic oxidation sites excluding steroid dienone is 11. The molecule has 17 rings (SSSR count). The molecule has 12 nitrogen and oxygen atoms in total. The van der Waals surface area contributed by atoms with Gasteiger partial charge >= 0.3 is 0 Å². The number of anilines is 6. The summed E-state index contributed by atoms with van der Waals surface area (Å²) in [5.41, 5.74) is 27.5. The van der Waals surface area contributed by atoms with E-state index in [1.807, 2.05) is 140 Å². The smallest absolute Gasteiger partial charge is 0.162 e. The van der Waals surface area contributed by atoms with Gasteiger partial charge in [0.2, 0.25) is 0 Å². The van der Waals surface area contributed by atoms with E-state index < -0.39 is 26.6 Å². The number of hydrogen-bond acceptors (Lipinski definition) is 12. The first kappa shape index (κ1) is 65.6. The van der Waals surface area contributed by atoms with Gasteiger partial charge in [-0.1, -0.05) is 197 Å². The third-order valence-corrected chi connectivity index (χ3v) is 23.8. The Hall–Kier alpha value is -9.42. The third-order valence-electron chi connectivity index (χ3n) is 23.8. The molecule has 6 heterocycles. The zero-order chi connectivity index (χ0) is 84.7. The predicted molar refractivity (Wildman–Crippen MR) is 460 cm³/mol. The van der Waals surface area contributed by atoms with Gasteiger partial charge in [0, 0.05) is 121 Å². The lowest BCUT2D eigenvalue weighted by atomic mass is 9.86. The molecule has 6 aliphatic heterocycles. The Morgan fingerprint density at radius 3 is 0.889 bits per heavy atom. The maximum absolute atomic E-state index is 9.07. The molecule has 0 amide bonds. The number of rotatable bonds is 11. The van der Waals surface area contributed by atoms with Crippen molar-refractivity contribution in [3.8, 4) is 0 Å². The van der Waals surface area contributed by atoms with Gasteiger partial charge in [-0.15, -0.1) is 0 Å². The van der Waals surface area contributed by atoms with Crippen molar-refractivity contribution in [2.24, 2.45) is 11.8 Å². The maximum atomic E-state index is 9.07. The molecule has 7 aromatic carbocycles. The lowest BCUT2D eigenvalue weighted by Crippen LogP contribution is -2.34. The molecule has 4 fully saturated rings. The second-order valence-corrected chi connectivity index (χ2v) is 30.9. The summed E-state index contributed by atoms with van der Waals surface area (Å²) in [6.07, 6.45) is 21.0. The van der Waals surface area contributed by atoms with Crippen molar-refractivity contribution in [3.05, 3.63) is 278 Å². The molecular weight excluding hydrogens is 1320 g/mol. The zero-order valence-corrected chi connectivity index (χ0v) is 67.4. The van der Waals surface area contributed by atoms with E-state index in [1.165, 1.54) is 150 Å². The van der Waals surface area contributed by atoms with Gasteiger partial charge < -0.3 is 60.4 Å². The molecule has 12 heteroatoms. The number of aryl methyl sites for hydroxylation is 6. The Kier molecular flexibility index (Phi) is 22.3. The molecular formula is C96H128N12. The van der Waals surface area contributed by atoms with Crippen molar-refractivity contribution in [2.75, 3.05) is 69.3 Å². The molecule has 572 valence electrons. The minimum absolute atomic E-state index is 0.306. The molecule has 0 saturated heterocycles. The van der Waals surface area contributed by atoms with Crippen LogP contribution in [0, 0.1) is 53.4 Å². The van der Waals surface area contributed by atoms with Crippen LogP contribution in [0.15, 0.2) is 239 Å². The lowest BCUT2D eigenvalue weighted by molar-refractivity contribution is 0.278. The summed E-state index contributed by atoms with van der Waals surface area (Å²) in [4.78, 5) is 16.9. The van der Waals surface area contributed by atoms with Crippen LogP contribution >= 0.6 is 0 Å². The first-order chi connectivity index (χ1) is 56.6. The second-order valence-electron chi connectivity index (χ2n) is 30.9. The number of nitrogens with one attached hydrogen (secondary N) is 4. The Balaban J connectivity index is 0.000000131. The molecule has 0 spiro atoms. The van der Waals surface area contributed by atoms with Crippen molar-refractivity contribution in [3.63, 3.8) is 0 Å². The summed E-state index contributed by atoms with van der Waals surface area (Å²) in [7, 11) is 0. The first-order valence-corrected chi connectivity index (χ1v) is 40.1. The normalized spacial score (nSPS) is 24.9. The van der Waals surface area contributed by atoms with Crippen molar-refractivity contribution in [1.29, 1.82) is 0 Å². The van der Waals surface area contributed by atoms with E-state index in [0.29, 0.717) is 23.9 Å². The van der Waals surface area contributed by atoms with Gasteiger partial charge in [-0.2, -0.15) is 0 Å². The summed E-state index contributed by atoms with van der Waals surface area (Å²) in [6, 6.07) is 60.7. The standard InChI is InChI=1S/C22H26N2.2C17H24N2.C16H22N2.2C12H16N2/c1-17-10-6-9-15-21(17)23-16-24(20-13-7-8-14-20)22(18(23)2)19-11-4-3-5-12-19;1-13-8-4-7-11-17(13)19-12-18(14(2)15(19)3)16-9-5-6-10-16;1-13-8-6-7-11-16(13)19-12-18-17(14(19)2)15-9-4-3-5-10-15;1-12-7-3-6-10-15(12)18-11-17-16(13(18)2)14-8-4-5-9-14;2*1-9-6-4-5-7-12(9)14-8-13-10(2)11(14)3/h3-6,9-12,15,20H,7-8,13-14,16H2,1-2H3;4,7-8,11,16H,5-6,9-10,12H2,1-3H3;6-8,11,15,18H,3-5,9-10,12H2,1-2H3;3,6-7,10,14,17H,4-5,8-9,11H2,1-2H3;2*4-7,13H,8H2,1-3H3/i16D;2*12D;11D;2*8D/hD4. The molecule has 108 heavy (non-hydrogen) atoms. The molecule has 0 bridgehead atoms. The second kappa shape index (κ2) is 36.7. The molecule has 10 aliphatic rings. The Bertz CT molecular complexity index is 4730. The van der Waals surface area contributed by atoms with E-state index in [0.717, 1.165) is 122 Å². The number of nitrogens with zero attached hydrogens (tertiary/aromatic N) is 8. The highest BCUT2D eigenvalue weighted by atomic mass is 15.4. The fourth-order valence-corrected chi connectivity index (χ4v) is 16.9.